The average molecular weight is 284 g/mol. The Morgan fingerprint density at radius 2 is 2.05 bits per heavy atom. The highest BCUT2D eigenvalue weighted by Gasteiger charge is 2.28. The Labute approximate surface area is 123 Å². The molecule has 3 N–H and O–H groups in total. The van der Waals surface area contributed by atoms with Crippen LogP contribution < -0.4 is 11.1 Å². The van der Waals surface area contributed by atoms with E-state index in [9.17, 15) is 4.79 Å². The molecule has 2 atom stereocenters. The zero-order chi connectivity index (χ0) is 15.0. The molecule has 0 aromatic rings. The van der Waals surface area contributed by atoms with Gasteiger partial charge < -0.3 is 15.8 Å². The number of nitrogens with one attached hydrogen (secondary N) is 1. The molecule has 20 heavy (non-hydrogen) atoms. The van der Waals surface area contributed by atoms with Crippen LogP contribution in [0.25, 0.3) is 0 Å². The fourth-order valence-corrected chi connectivity index (χ4v) is 3.16. The maximum atomic E-state index is 12.0. The second-order valence-corrected chi connectivity index (χ2v) is 6.25. The van der Waals surface area contributed by atoms with Crippen LogP contribution in [0.3, 0.4) is 0 Å². The largest absolute Gasteiger partial charge is 0.378 e. The number of carbonyl (C=O) groups excluding carboxylic acids is 1. The predicted molar refractivity (Wildman–Crippen MR) is 82.5 cm³/mol. The number of hydrogen-bond acceptors (Lipinski definition) is 3. The molecule has 0 bridgehead atoms. The molecule has 0 radical (unpaired) electrons. The summed E-state index contributed by atoms with van der Waals surface area (Å²) >= 11 is 0. The van der Waals surface area contributed by atoms with E-state index in [1.807, 2.05) is 20.8 Å². The molecule has 1 aliphatic carbocycles. The van der Waals surface area contributed by atoms with E-state index in [0.717, 1.165) is 25.9 Å². The normalized spacial score (nSPS) is 20.6. The summed E-state index contributed by atoms with van der Waals surface area (Å²) in [6.07, 6.45) is 7.99. The Bertz CT molecular complexity index is 286. The Morgan fingerprint density at radius 1 is 1.40 bits per heavy atom. The molecule has 1 saturated carbocycles. The molecule has 2 unspecified atom stereocenters. The topological polar surface area (TPSA) is 64.4 Å². The van der Waals surface area contributed by atoms with Crippen LogP contribution in [0.1, 0.15) is 65.7 Å². The van der Waals surface area contributed by atoms with Crippen LogP contribution in [0.4, 0.5) is 0 Å². The van der Waals surface area contributed by atoms with E-state index in [-0.39, 0.29) is 12.0 Å². The van der Waals surface area contributed by atoms with Crippen molar-refractivity contribution in [3.05, 3.63) is 0 Å². The lowest BCUT2D eigenvalue weighted by Crippen LogP contribution is -2.52. The van der Waals surface area contributed by atoms with Gasteiger partial charge in [0.1, 0.15) is 0 Å². The van der Waals surface area contributed by atoms with Gasteiger partial charge in [-0.2, -0.15) is 0 Å². The smallest absolute Gasteiger partial charge is 0.239 e. The summed E-state index contributed by atoms with van der Waals surface area (Å²) < 4.78 is 5.86. The van der Waals surface area contributed by atoms with Crippen molar-refractivity contribution in [2.45, 2.75) is 77.4 Å². The highest BCUT2D eigenvalue weighted by Crippen LogP contribution is 2.30. The molecule has 0 saturated heterocycles. The van der Waals surface area contributed by atoms with Crippen molar-refractivity contribution in [3.63, 3.8) is 0 Å². The van der Waals surface area contributed by atoms with Crippen LogP contribution in [0, 0.1) is 5.92 Å². The first-order valence-corrected chi connectivity index (χ1v) is 8.20. The lowest BCUT2D eigenvalue weighted by molar-refractivity contribution is -0.126. The number of hydrogen-bond donors (Lipinski definition) is 2. The molecule has 118 valence electrons. The van der Waals surface area contributed by atoms with Crippen LogP contribution >= 0.6 is 0 Å². The molecular weight excluding hydrogens is 252 g/mol. The summed E-state index contributed by atoms with van der Waals surface area (Å²) in [5.74, 6) is 0.632. The van der Waals surface area contributed by atoms with E-state index < -0.39 is 5.54 Å². The van der Waals surface area contributed by atoms with Gasteiger partial charge in [0.2, 0.25) is 5.91 Å². The molecule has 1 rings (SSSR count). The van der Waals surface area contributed by atoms with Crippen molar-refractivity contribution >= 4 is 5.91 Å². The molecule has 0 aromatic carbocycles. The minimum atomic E-state index is -0.747. The Morgan fingerprint density at radius 3 is 2.60 bits per heavy atom. The Kier molecular flexibility index (Phi) is 7.52. The average Bonchev–Trinajstić information content (AvgIpc) is 2.91. The van der Waals surface area contributed by atoms with Gasteiger partial charge in [0.05, 0.1) is 11.6 Å². The van der Waals surface area contributed by atoms with Crippen LogP contribution in [0.5, 0.6) is 0 Å². The van der Waals surface area contributed by atoms with Gasteiger partial charge in [0.25, 0.3) is 0 Å². The van der Waals surface area contributed by atoms with Gasteiger partial charge >= 0.3 is 0 Å². The van der Waals surface area contributed by atoms with E-state index >= 15 is 0 Å². The van der Waals surface area contributed by atoms with Gasteiger partial charge in [-0.3, -0.25) is 4.79 Å². The van der Waals surface area contributed by atoms with Crippen molar-refractivity contribution in [2.75, 3.05) is 13.2 Å². The van der Waals surface area contributed by atoms with Crippen LogP contribution in [-0.2, 0) is 9.53 Å². The zero-order valence-electron chi connectivity index (χ0n) is 13.4. The number of carbonyl (C=O) groups is 1. The van der Waals surface area contributed by atoms with E-state index in [0.29, 0.717) is 12.5 Å². The number of rotatable bonds is 9. The van der Waals surface area contributed by atoms with Gasteiger partial charge in [-0.25, -0.2) is 0 Å². The lowest BCUT2D eigenvalue weighted by Gasteiger charge is -2.26. The molecule has 1 fully saturated rings. The summed E-state index contributed by atoms with van der Waals surface area (Å²) in [5.41, 5.74) is 5.28. The fourth-order valence-electron chi connectivity index (χ4n) is 3.16. The van der Waals surface area contributed by atoms with Crippen molar-refractivity contribution in [1.82, 2.24) is 5.32 Å². The van der Waals surface area contributed by atoms with Crippen LogP contribution in [0.2, 0.25) is 0 Å². The highest BCUT2D eigenvalue weighted by atomic mass is 16.5. The number of ether oxygens (including phenoxy) is 1. The third kappa shape index (κ3) is 5.41. The van der Waals surface area contributed by atoms with Crippen LogP contribution in [-0.4, -0.2) is 30.7 Å². The van der Waals surface area contributed by atoms with Gasteiger partial charge in [-0.1, -0.05) is 26.2 Å². The third-order valence-electron chi connectivity index (χ3n) is 4.31. The zero-order valence-corrected chi connectivity index (χ0v) is 13.4. The lowest BCUT2D eigenvalue weighted by atomic mass is 9.95. The summed E-state index contributed by atoms with van der Waals surface area (Å²) in [5, 5.41) is 2.98. The molecular formula is C16H32N2O2. The van der Waals surface area contributed by atoms with Crippen molar-refractivity contribution < 1.29 is 9.53 Å². The second kappa shape index (κ2) is 8.63. The first-order valence-electron chi connectivity index (χ1n) is 8.20. The fraction of sp³-hybridized carbons (Fsp3) is 0.938. The maximum absolute atomic E-state index is 12.0. The first kappa shape index (κ1) is 17.4. The summed E-state index contributed by atoms with van der Waals surface area (Å²) in [7, 11) is 0. The molecule has 0 heterocycles. The summed E-state index contributed by atoms with van der Waals surface area (Å²) in [4.78, 5) is 12.0. The molecule has 1 aliphatic rings. The molecule has 1 amide bonds. The number of nitrogens with two attached hydrogens (primary N) is 1. The van der Waals surface area contributed by atoms with Gasteiger partial charge in [-0.15, -0.1) is 0 Å². The first-order chi connectivity index (χ1) is 9.51. The van der Waals surface area contributed by atoms with Gasteiger partial charge in [-0.05, 0) is 45.4 Å². The summed E-state index contributed by atoms with van der Waals surface area (Å²) in [6, 6.07) is 0. The Balaban J connectivity index is 2.34. The summed E-state index contributed by atoms with van der Waals surface area (Å²) in [6.45, 7) is 7.31. The molecule has 4 heteroatoms. The van der Waals surface area contributed by atoms with E-state index in [2.05, 4.69) is 5.32 Å². The minimum Gasteiger partial charge on any atom is -0.378 e. The van der Waals surface area contributed by atoms with Crippen molar-refractivity contribution in [1.29, 1.82) is 0 Å². The Hall–Kier alpha value is -0.610. The minimum absolute atomic E-state index is 0.0407. The standard InChI is InChI=1S/C16H32N2O2/c1-4-11-16(3,17)15(19)18-12-10-14(20-5-2)13-8-6-7-9-13/h13-14H,4-12,17H2,1-3H3,(H,18,19). The highest BCUT2D eigenvalue weighted by molar-refractivity contribution is 5.85. The van der Waals surface area contributed by atoms with E-state index in [1.165, 1.54) is 25.7 Å². The number of amides is 1. The van der Waals surface area contributed by atoms with Crippen LogP contribution in [0.15, 0.2) is 0 Å². The second-order valence-electron chi connectivity index (χ2n) is 6.25. The van der Waals surface area contributed by atoms with E-state index in [4.69, 9.17) is 10.5 Å². The van der Waals surface area contributed by atoms with E-state index in [1.54, 1.807) is 0 Å². The van der Waals surface area contributed by atoms with Crippen molar-refractivity contribution in [2.24, 2.45) is 11.7 Å². The monoisotopic (exact) mass is 284 g/mol. The third-order valence-corrected chi connectivity index (χ3v) is 4.31. The molecule has 0 spiro atoms. The predicted octanol–water partition coefficient (Wildman–Crippen LogP) is 2.61. The van der Waals surface area contributed by atoms with Crippen molar-refractivity contribution in [3.8, 4) is 0 Å². The molecule has 4 nitrogen and oxygen atoms in total. The molecule has 0 aliphatic heterocycles. The molecule has 0 aromatic heterocycles. The maximum Gasteiger partial charge on any atom is 0.239 e. The SMILES string of the molecule is CCCC(C)(N)C(=O)NCCC(OCC)C1CCCC1. The van der Waals surface area contributed by atoms with Gasteiger partial charge in [0.15, 0.2) is 0 Å². The van der Waals surface area contributed by atoms with Gasteiger partial charge in [0, 0.05) is 13.2 Å². The quantitative estimate of drug-likeness (QED) is 0.684.